The van der Waals surface area contributed by atoms with E-state index in [0.29, 0.717) is 13.0 Å². The molecule has 0 saturated carbocycles. The van der Waals surface area contributed by atoms with Crippen molar-refractivity contribution >= 4 is 33.4 Å². The molecule has 0 aliphatic rings. The molecular formula is C16H15BrClNO. The molecule has 0 aliphatic heterocycles. The lowest BCUT2D eigenvalue weighted by atomic mass is 10.1. The maximum Gasteiger partial charge on any atom is 0.224 e. The van der Waals surface area contributed by atoms with E-state index in [1.807, 2.05) is 48.5 Å². The van der Waals surface area contributed by atoms with Gasteiger partial charge in [0.25, 0.3) is 0 Å². The van der Waals surface area contributed by atoms with Crippen molar-refractivity contribution in [2.75, 3.05) is 6.54 Å². The molecule has 0 radical (unpaired) electrons. The molecule has 2 aromatic rings. The first-order chi connectivity index (χ1) is 9.65. The lowest BCUT2D eigenvalue weighted by Gasteiger charge is -2.07. The Bertz CT molecular complexity index is 601. The summed E-state index contributed by atoms with van der Waals surface area (Å²) in [5, 5.41) is 3.65. The zero-order valence-corrected chi connectivity index (χ0v) is 13.2. The molecule has 0 aliphatic carbocycles. The maximum absolute atomic E-state index is 11.9. The molecule has 0 fully saturated rings. The van der Waals surface area contributed by atoms with Gasteiger partial charge < -0.3 is 5.32 Å². The summed E-state index contributed by atoms with van der Waals surface area (Å²) in [6, 6.07) is 15.4. The molecule has 0 unspecified atom stereocenters. The number of nitrogens with one attached hydrogen (secondary N) is 1. The smallest absolute Gasteiger partial charge is 0.224 e. The van der Waals surface area contributed by atoms with Crippen molar-refractivity contribution in [2.24, 2.45) is 0 Å². The molecule has 1 amide bonds. The summed E-state index contributed by atoms with van der Waals surface area (Å²) in [6.45, 7) is 0.615. The molecule has 0 heterocycles. The van der Waals surface area contributed by atoms with Gasteiger partial charge in [0.2, 0.25) is 5.91 Å². The van der Waals surface area contributed by atoms with Crippen LogP contribution < -0.4 is 5.32 Å². The number of hydrogen-bond acceptors (Lipinski definition) is 1. The topological polar surface area (TPSA) is 29.1 Å². The number of benzene rings is 2. The number of halogens is 2. The fourth-order valence-electron chi connectivity index (χ4n) is 1.92. The van der Waals surface area contributed by atoms with Crippen LogP contribution in [0.1, 0.15) is 11.1 Å². The third kappa shape index (κ3) is 4.66. The minimum Gasteiger partial charge on any atom is -0.355 e. The summed E-state index contributed by atoms with van der Waals surface area (Å²) >= 11 is 9.36. The Labute approximate surface area is 132 Å². The molecule has 2 nitrogen and oxygen atoms in total. The zero-order valence-electron chi connectivity index (χ0n) is 10.9. The average molecular weight is 353 g/mol. The van der Waals surface area contributed by atoms with E-state index in [-0.39, 0.29) is 5.91 Å². The van der Waals surface area contributed by atoms with Crippen molar-refractivity contribution in [3.63, 3.8) is 0 Å². The third-order valence-electron chi connectivity index (χ3n) is 2.93. The molecule has 20 heavy (non-hydrogen) atoms. The fourth-order valence-corrected chi connectivity index (χ4v) is 2.55. The van der Waals surface area contributed by atoms with Crippen LogP contribution in [-0.2, 0) is 17.6 Å². The first-order valence-corrected chi connectivity index (χ1v) is 7.57. The van der Waals surface area contributed by atoms with E-state index < -0.39 is 0 Å². The highest BCUT2D eigenvalue weighted by atomic mass is 79.9. The Morgan fingerprint density at radius 3 is 2.70 bits per heavy atom. The van der Waals surface area contributed by atoms with Gasteiger partial charge in [-0.05, 0) is 35.7 Å². The molecule has 104 valence electrons. The highest BCUT2D eigenvalue weighted by molar-refractivity contribution is 9.10. The first-order valence-electron chi connectivity index (χ1n) is 6.40. The lowest BCUT2D eigenvalue weighted by Crippen LogP contribution is -2.27. The number of amides is 1. The van der Waals surface area contributed by atoms with Crippen LogP contribution in [-0.4, -0.2) is 12.5 Å². The summed E-state index contributed by atoms with van der Waals surface area (Å²) in [5.41, 5.74) is 2.12. The van der Waals surface area contributed by atoms with Crippen LogP contribution in [0.5, 0.6) is 0 Å². The molecule has 1 N–H and O–H groups in total. The summed E-state index contributed by atoms with van der Waals surface area (Å²) < 4.78 is 0.963. The molecule has 2 rings (SSSR count). The van der Waals surface area contributed by atoms with Crippen molar-refractivity contribution in [1.29, 1.82) is 0 Å². The minimum absolute atomic E-state index is 0.0268. The van der Waals surface area contributed by atoms with E-state index in [1.54, 1.807) is 0 Å². The zero-order chi connectivity index (χ0) is 14.4. The van der Waals surface area contributed by atoms with Crippen LogP contribution in [0.25, 0.3) is 0 Å². The normalized spacial score (nSPS) is 10.3. The summed E-state index contributed by atoms with van der Waals surface area (Å²) in [4.78, 5) is 11.9. The Morgan fingerprint density at radius 1 is 1.15 bits per heavy atom. The van der Waals surface area contributed by atoms with Crippen molar-refractivity contribution in [3.05, 3.63) is 69.2 Å². The fraction of sp³-hybridized carbons (Fsp3) is 0.188. The largest absolute Gasteiger partial charge is 0.355 e. The van der Waals surface area contributed by atoms with Crippen LogP contribution in [0.4, 0.5) is 0 Å². The molecule has 0 bridgehead atoms. The van der Waals surface area contributed by atoms with Crippen molar-refractivity contribution in [1.82, 2.24) is 5.32 Å². The van der Waals surface area contributed by atoms with Crippen molar-refractivity contribution in [3.8, 4) is 0 Å². The van der Waals surface area contributed by atoms with Gasteiger partial charge in [0.1, 0.15) is 0 Å². The van der Waals surface area contributed by atoms with Gasteiger partial charge in [-0.25, -0.2) is 0 Å². The monoisotopic (exact) mass is 351 g/mol. The van der Waals surface area contributed by atoms with Gasteiger partial charge in [-0.3, -0.25) is 4.79 Å². The second kappa shape index (κ2) is 7.46. The lowest BCUT2D eigenvalue weighted by molar-refractivity contribution is -0.120. The van der Waals surface area contributed by atoms with Gasteiger partial charge in [-0.1, -0.05) is 57.9 Å². The maximum atomic E-state index is 11.9. The van der Waals surface area contributed by atoms with Gasteiger partial charge in [-0.2, -0.15) is 0 Å². The highest BCUT2D eigenvalue weighted by Gasteiger charge is 2.05. The van der Waals surface area contributed by atoms with E-state index >= 15 is 0 Å². The second-order valence-corrected chi connectivity index (χ2v) is 5.79. The minimum atomic E-state index is 0.0268. The van der Waals surface area contributed by atoms with E-state index in [2.05, 4.69) is 21.2 Å². The molecule has 2 aromatic carbocycles. The van der Waals surface area contributed by atoms with E-state index in [9.17, 15) is 4.79 Å². The van der Waals surface area contributed by atoms with Gasteiger partial charge >= 0.3 is 0 Å². The number of carbonyl (C=O) groups is 1. The van der Waals surface area contributed by atoms with E-state index in [4.69, 9.17) is 11.6 Å². The van der Waals surface area contributed by atoms with E-state index in [0.717, 1.165) is 27.0 Å². The van der Waals surface area contributed by atoms with Crippen LogP contribution in [0.2, 0.25) is 5.02 Å². The van der Waals surface area contributed by atoms with Gasteiger partial charge in [0, 0.05) is 16.0 Å². The molecule has 0 spiro atoms. The van der Waals surface area contributed by atoms with Crippen LogP contribution in [0.15, 0.2) is 53.0 Å². The molecule has 0 atom stereocenters. The van der Waals surface area contributed by atoms with Crippen LogP contribution >= 0.6 is 27.5 Å². The Morgan fingerprint density at radius 2 is 1.95 bits per heavy atom. The highest BCUT2D eigenvalue weighted by Crippen LogP contribution is 2.16. The quantitative estimate of drug-likeness (QED) is 0.865. The average Bonchev–Trinajstić information content (AvgIpc) is 2.41. The van der Waals surface area contributed by atoms with Gasteiger partial charge in [0.05, 0.1) is 6.42 Å². The Kier molecular flexibility index (Phi) is 5.62. The summed E-state index contributed by atoms with van der Waals surface area (Å²) in [5.74, 6) is 0.0268. The second-order valence-electron chi connectivity index (χ2n) is 4.50. The van der Waals surface area contributed by atoms with Crippen LogP contribution in [0, 0.1) is 0 Å². The molecule has 4 heteroatoms. The molecule has 0 aromatic heterocycles. The number of carbonyl (C=O) groups excluding carboxylic acids is 1. The molecular weight excluding hydrogens is 338 g/mol. The van der Waals surface area contributed by atoms with Gasteiger partial charge in [0.15, 0.2) is 0 Å². The number of hydrogen-bond donors (Lipinski definition) is 1. The molecule has 0 saturated heterocycles. The van der Waals surface area contributed by atoms with Crippen molar-refractivity contribution in [2.45, 2.75) is 12.8 Å². The third-order valence-corrected chi connectivity index (χ3v) is 3.94. The number of rotatable bonds is 5. The predicted molar refractivity (Wildman–Crippen MR) is 86.0 cm³/mol. The van der Waals surface area contributed by atoms with Crippen LogP contribution in [0.3, 0.4) is 0 Å². The van der Waals surface area contributed by atoms with Crippen molar-refractivity contribution < 1.29 is 4.79 Å². The Balaban J connectivity index is 1.80. The Hall–Kier alpha value is -1.32. The van der Waals surface area contributed by atoms with Gasteiger partial charge in [-0.15, -0.1) is 0 Å². The summed E-state index contributed by atoms with van der Waals surface area (Å²) in [7, 11) is 0. The first kappa shape index (κ1) is 15.1. The predicted octanol–water partition coefficient (Wildman–Crippen LogP) is 4.00. The SMILES string of the molecule is O=C(Cc1ccccc1Br)NCCc1cccc(Cl)c1. The summed E-state index contributed by atoms with van der Waals surface area (Å²) in [6.07, 6.45) is 1.17. The standard InChI is InChI=1S/C16H15BrClNO/c17-15-7-2-1-5-13(15)11-16(20)19-9-8-12-4-3-6-14(18)10-12/h1-7,10H,8-9,11H2,(H,19,20). The van der Waals surface area contributed by atoms with E-state index in [1.165, 1.54) is 0 Å².